The molecule has 0 bridgehead atoms. The Hall–Kier alpha value is -5.46. The van der Waals surface area contributed by atoms with Gasteiger partial charge in [0.15, 0.2) is 0 Å². The lowest BCUT2D eigenvalue weighted by atomic mass is 9.20. The third kappa shape index (κ3) is 18.5. The van der Waals surface area contributed by atoms with Crippen LogP contribution in [0.15, 0.2) is 235 Å². The lowest BCUT2D eigenvalue weighted by molar-refractivity contribution is 0.627. The summed E-state index contributed by atoms with van der Waals surface area (Å²) < 4.78 is 30.1. The molecule has 0 atom stereocenters. The molecule has 0 spiro atoms. The van der Waals surface area contributed by atoms with E-state index in [1.165, 1.54) is 136 Å². The minimum Gasteiger partial charge on any atom is -0.205 e. The van der Waals surface area contributed by atoms with Gasteiger partial charge in [-0.2, -0.15) is 21.0 Å². The molecule has 0 aromatic heterocycles. The molecule has 2 aliphatic heterocycles. The van der Waals surface area contributed by atoms with Crippen LogP contribution >= 0.6 is 31.7 Å². The first-order valence-electron chi connectivity index (χ1n) is 26.5. The molecule has 12 rings (SSSR count). The molecule has 0 N–H and O–H groups in total. The topological polar surface area (TPSA) is 95.2 Å². The summed E-state index contributed by atoms with van der Waals surface area (Å²) in [5.74, 6) is -1.14. The van der Waals surface area contributed by atoms with Gasteiger partial charge in [-0.05, 0) is 51.2 Å². The average molecular weight is 1590 g/mol. The molecule has 0 unspecified atom stereocenters. The van der Waals surface area contributed by atoms with Crippen LogP contribution in [0.25, 0.3) is 22.3 Å². The molecule has 91 heavy (non-hydrogen) atoms. The fourth-order valence-electron chi connectivity index (χ4n) is 10.8. The van der Waals surface area contributed by atoms with Crippen LogP contribution in [-0.2, 0) is 147 Å². The Morgan fingerprint density at radius 3 is 0.956 bits per heavy atom. The summed E-state index contributed by atoms with van der Waals surface area (Å²) in [7, 11) is 11.9. The number of fused-ring (bicyclic) bond motifs is 4. The van der Waals surface area contributed by atoms with Crippen LogP contribution in [-0.4, -0.2) is 25.7 Å². The maximum atomic E-state index is 15.5. The van der Waals surface area contributed by atoms with Crippen LogP contribution in [0.3, 0.4) is 0 Å². The normalized spacial score (nSPS) is 10.5. The van der Waals surface area contributed by atoms with Gasteiger partial charge in [-0.15, -0.1) is 15.8 Å². The first-order valence-corrected chi connectivity index (χ1v) is 44.2. The van der Waals surface area contributed by atoms with Crippen molar-refractivity contribution in [3.05, 3.63) is 269 Å². The summed E-state index contributed by atoms with van der Waals surface area (Å²) in [6.07, 6.45) is 0. The van der Waals surface area contributed by atoms with Gasteiger partial charge in [0.2, 0.25) is 20.1 Å². The van der Waals surface area contributed by atoms with Gasteiger partial charge in [0.25, 0.3) is 5.54 Å². The quantitative estimate of drug-likeness (QED) is 0.161. The van der Waals surface area contributed by atoms with Gasteiger partial charge in [-0.1, -0.05) is 261 Å². The third-order valence-electron chi connectivity index (χ3n) is 14.3. The summed E-state index contributed by atoms with van der Waals surface area (Å²) in [6.45, 7) is 0.0944. The van der Waals surface area contributed by atoms with E-state index < -0.39 is 11.6 Å². The SMILES string of the molecule is BrB1c2ccccc2B(c2ccccc2)c2ccccc21.N#Cc1cccc(-c2cccc(C#N)c2B2c3ccccc3B(c3ccccc3)c3ccccc32)c1F.N#Cc1cccc(-c2cccc(C#N)c2Br)c1F.S=S=S=S.S=S=S=S=S.S=S=S=S=S=S. The van der Waals surface area contributed by atoms with E-state index in [9.17, 15) is 14.9 Å². The van der Waals surface area contributed by atoms with E-state index in [4.69, 9.17) is 10.5 Å². The molecular formula is C64H38B4Br2F2N4S15. The third-order valence-corrected chi connectivity index (χ3v) is 29.5. The Kier molecular flexibility index (Phi) is 31.0. The number of halogens is 4. The summed E-state index contributed by atoms with van der Waals surface area (Å²) in [6, 6.07) is 83.5. The molecule has 0 radical (unpaired) electrons. The molecule has 0 saturated heterocycles. The zero-order valence-corrected chi connectivity index (χ0v) is 62.1. The van der Waals surface area contributed by atoms with Gasteiger partial charge in [0, 0.05) is 174 Å². The van der Waals surface area contributed by atoms with Crippen molar-refractivity contribution in [2.75, 3.05) is 0 Å². The van der Waals surface area contributed by atoms with E-state index in [0.717, 1.165) is 16.4 Å². The summed E-state index contributed by atoms with van der Waals surface area (Å²) in [5.41, 5.74) is 16.4. The standard InChI is InChI=1S/C32H19B2FN2.C18H13B2Br.C14H6BrFN2.S6.S5.S4/c35-32-23(21-37)11-9-15-26(32)25-14-8-10-22(20-36)31(25)34-29-18-6-4-16-27(29)33(24-12-2-1-3-13-24)28-17-5-7-19-30(28)34;21-20-17-12-6-4-10-15(17)19(14-8-2-1-3-9-14)16-11-5-7-13-18(16)20;15-13-9(7-17)3-1-5-11(13)12-6-2-4-10(8-18)14(12)16;1-3-5-6-4-2;1-3-5-4-2;1-3-4-2/h1-19H;1-13H;1-6H;;;. The molecule has 2 heterocycles. The lowest BCUT2D eigenvalue weighted by Crippen LogP contribution is -2.75. The summed E-state index contributed by atoms with van der Waals surface area (Å²) in [4.78, 5) is 0. The molecule has 10 aromatic carbocycles. The van der Waals surface area contributed by atoms with Gasteiger partial charge in [-0.3, -0.25) is 0 Å². The van der Waals surface area contributed by atoms with Crippen LogP contribution in [0.1, 0.15) is 22.3 Å². The molecule has 10 aromatic rings. The zero-order valence-electron chi connectivity index (χ0n) is 46.7. The molecule has 0 aliphatic carbocycles. The smallest absolute Gasteiger partial charge is 0.205 e. The second kappa shape index (κ2) is 38.7. The maximum absolute atomic E-state index is 15.5. The van der Waals surface area contributed by atoms with Crippen molar-refractivity contribution < 1.29 is 8.78 Å². The Morgan fingerprint density at radius 2 is 0.604 bits per heavy atom. The fraction of sp³-hybridized carbons (Fsp3) is 0. The second-order valence-corrected chi connectivity index (χ2v) is 36.5. The van der Waals surface area contributed by atoms with Gasteiger partial charge < -0.3 is 0 Å². The lowest BCUT2D eigenvalue weighted by Gasteiger charge is -2.33. The Balaban J connectivity index is 0.000000184. The van der Waals surface area contributed by atoms with Crippen molar-refractivity contribution >= 4 is 265 Å². The Morgan fingerprint density at radius 1 is 0.308 bits per heavy atom. The van der Waals surface area contributed by atoms with Crippen LogP contribution in [0, 0.1) is 57.0 Å². The van der Waals surface area contributed by atoms with E-state index in [-0.39, 0.29) is 30.1 Å². The predicted octanol–water partition coefficient (Wildman–Crippen LogP) is 7.56. The van der Waals surface area contributed by atoms with Gasteiger partial charge >= 0.3 is 0 Å². The number of rotatable bonds is 5. The highest BCUT2D eigenvalue weighted by Gasteiger charge is 2.40. The fourth-order valence-corrected chi connectivity index (χ4v) is 20.4. The number of nitrogens with zero attached hydrogens (tertiary/aromatic N) is 4. The zero-order chi connectivity index (χ0) is 65.1. The van der Waals surface area contributed by atoms with E-state index in [1.807, 2.05) is 48.5 Å². The number of benzene rings is 10. The van der Waals surface area contributed by atoms with Crippen molar-refractivity contribution in [1.82, 2.24) is 0 Å². The highest BCUT2D eigenvalue weighted by atomic mass is 79.9. The molecule has 0 fully saturated rings. The first-order chi connectivity index (χ1) is 44.5. The molecule has 2 aliphatic rings. The van der Waals surface area contributed by atoms with Gasteiger partial charge in [0.1, 0.15) is 29.8 Å². The van der Waals surface area contributed by atoms with Crippen molar-refractivity contribution in [3.63, 3.8) is 0 Å². The van der Waals surface area contributed by atoms with Crippen LogP contribution in [0.5, 0.6) is 0 Å². The van der Waals surface area contributed by atoms with Gasteiger partial charge in [0.05, 0.1) is 22.8 Å². The average Bonchev–Trinajstić information content (AvgIpc) is 0.829. The van der Waals surface area contributed by atoms with Crippen LogP contribution in [0.4, 0.5) is 8.78 Å². The van der Waals surface area contributed by atoms with E-state index in [0.29, 0.717) is 44.6 Å². The number of hydrogen-bond donors (Lipinski definition) is 0. The van der Waals surface area contributed by atoms with E-state index >= 15 is 4.39 Å². The largest absolute Gasteiger partial charge is 0.286 e. The predicted molar refractivity (Wildman–Crippen MR) is 427 cm³/mol. The minimum absolute atomic E-state index is 0.0123. The van der Waals surface area contributed by atoms with Crippen LogP contribution < -0.4 is 60.1 Å². The highest BCUT2D eigenvalue weighted by molar-refractivity contribution is 9.25. The van der Waals surface area contributed by atoms with Crippen LogP contribution in [0.2, 0.25) is 0 Å². The first kappa shape index (κ1) is 73.0. The van der Waals surface area contributed by atoms with Crippen molar-refractivity contribution in [3.8, 4) is 46.5 Å². The van der Waals surface area contributed by atoms with E-state index in [2.05, 4.69) is 232 Å². The molecule has 0 saturated carbocycles. The Bertz CT molecular complexity index is 4710. The molecule has 444 valence electrons. The number of nitriles is 4. The monoisotopic (exact) mass is 1580 g/mol. The number of hydrogen-bond acceptors (Lipinski definition) is 10. The molecule has 27 heteroatoms. The summed E-state index contributed by atoms with van der Waals surface area (Å²) in [5, 5.41) is 37.4. The Labute approximate surface area is 602 Å². The highest BCUT2D eigenvalue weighted by Crippen LogP contribution is 2.33. The second-order valence-electron chi connectivity index (χ2n) is 18.8. The van der Waals surface area contributed by atoms with Crippen molar-refractivity contribution in [2.45, 2.75) is 0 Å². The van der Waals surface area contributed by atoms with Gasteiger partial charge in [-0.25, -0.2) is 8.78 Å². The maximum Gasteiger partial charge on any atom is 0.286 e. The van der Waals surface area contributed by atoms with E-state index in [1.54, 1.807) is 60.7 Å². The molecule has 4 nitrogen and oxygen atoms in total. The molecular weight excluding hydrogens is 1550 g/mol. The molecule has 0 amide bonds. The summed E-state index contributed by atoms with van der Waals surface area (Å²) >= 11 is 33.7. The van der Waals surface area contributed by atoms with Crippen molar-refractivity contribution in [2.24, 2.45) is 0 Å². The van der Waals surface area contributed by atoms with Crippen molar-refractivity contribution in [1.29, 1.82) is 21.0 Å². The minimum atomic E-state index is -0.573.